The van der Waals surface area contributed by atoms with Gasteiger partial charge in [-0.1, -0.05) is 37.8 Å². The Morgan fingerprint density at radius 1 is 1.26 bits per heavy atom. The Labute approximate surface area is 135 Å². The molecule has 5 heteroatoms. The molecule has 3 N–H and O–H groups in total. The second-order valence-corrected chi connectivity index (χ2v) is 5.10. The summed E-state index contributed by atoms with van der Waals surface area (Å²) in [5.74, 6) is 0.618. The van der Waals surface area contributed by atoms with Crippen molar-refractivity contribution in [3.8, 4) is 0 Å². The first-order valence-electron chi connectivity index (χ1n) is 7.57. The Kier molecular flexibility index (Phi) is 5.86. The topological polar surface area (TPSA) is 63.8 Å². The summed E-state index contributed by atoms with van der Waals surface area (Å²) in [4.78, 5) is 8.35. The van der Waals surface area contributed by atoms with Crippen molar-refractivity contribution in [2.45, 2.75) is 19.8 Å². The summed E-state index contributed by atoms with van der Waals surface area (Å²) >= 11 is 0. The van der Waals surface area contributed by atoms with Crippen LogP contribution in [0.2, 0.25) is 0 Å². The van der Waals surface area contributed by atoms with Gasteiger partial charge in [0.1, 0.15) is 11.6 Å². The molecule has 2 rings (SSSR count). The van der Waals surface area contributed by atoms with Crippen LogP contribution in [-0.2, 0) is 6.42 Å². The Hall–Kier alpha value is -2.69. The first kappa shape index (κ1) is 16.7. The number of benzene rings is 1. The van der Waals surface area contributed by atoms with Gasteiger partial charge in [0, 0.05) is 11.8 Å². The van der Waals surface area contributed by atoms with Crippen molar-refractivity contribution in [3.05, 3.63) is 58.4 Å². The summed E-state index contributed by atoms with van der Waals surface area (Å²) in [6, 6.07) is 6.46. The van der Waals surface area contributed by atoms with Gasteiger partial charge >= 0.3 is 0 Å². The summed E-state index contributed by atoms with van der Waals surface area (Å²) < 4.78 is 12.9. The number of nitrogens with two attached hydrogens (primary N) is 1. The zero-order valence-corrected chi connectivity index (χ0v) is 13.2. The van der Waals surface area contributed by atoms with E-state index in [-0.39, 0.29) is 11.8 Å². The molecule has 0 aliphatic heterocycles. The molecule has 4 nitrogen and oxygen atoms in total. The molecule has 1 aromatic heterocycles. The number of nitrogens with one attached hydrogen (secondary N) is 1. The summed E-state index contributed by atoms with van der Waals surface area (Å²) in [6.07, 6.45) is 7.62. The van der Waals surface area contributed by atoms with Crippen molar-refractivity contribution in [2.75, 3.05) is 17.6 Å². The third-order valence-electron chi connectivity index (χ3n) is 3.30. The van der Waals surface area contributed by atoms with Crippen LogP contribution >= 0.6 is 0 Å². The molecule has 120 valence electrons. The molecule has 0 atom stereocenters. The van der Waals surface area contributed by atoms with Crippen LogP contribution in [0.4, 0.5) is 16.2 Å². The number of hydrogen-bond donors (Lipinski definition) is 2. The molecular formula is C18H21FN4. The Balaban J connectivity index is 2.15. The standard InChI is InChI=1S/C18H21FN4/c1-3-4-5-6-16-13(2)22-18(20)23-17(16)21-12-11-14-7-9-15(19)10-8-14/h4-10H,2-3,11-12H2,1H3,(H3,20,21,22,23)/b5-4-,16-6+. The van der Waals surface area contributed by atoms with E-state index in [4.69, 9.17) is 5.73 Å². The molecule has 23 heavy (non-hydrogen) atoms. The molecule has 1 aromatic carbocycles. The largest absolute Gasteiger partial charge is 0.369 e. The van der Waals surface area contributed by atoms with Gasteiger partial charge in [-0.15, -0.1) is 0 Å². The van der Waals surface area contributed by atoms with Gasteiger partial charge < -0.3 is 11.1 Å². The van der Waals surface area contributed by atoms with Crippen LogP contribution in [0.5, 0.6) is 0 Å². The van der Waals surface area contributed by atoms with E-state index in [0.717, 1.165) is 23.6 Å². The normalized spacial score (nSPS) is 12.0. The van der Waals surface area contributed by atoms with Crippen LogP contribution in [0, 0.1) is 5.82 Å². The van der Waals surface area contributed by atoms with Crippen molar-refractivity contribution in [3.63, 3.8) is 0 Å². The van der Waals surface area contributed by atoms with E-state index < -0.39 is 0 Å². The van der Waals surface area contributed by atoms with Gasteiger partial charge in [0.05, 0.1) is 5.35 Å². The summed E-state index contributed by atoms with van der Waals surface area (Å²) in [6.45, 7) is 6.64. The average Bonchev–Trinajstić information content (AvgIpc) is 2.52. The highest BCUT2D eigenvalue weighted by molar-refractivity contribution is 5.50. The molecule has 0 fully saturated rings. The number of hydrogen-bond acceptors (Lipinski definition) is 4. The number of rotatable bonds is 6. The third-order valence-corrected chi connectivity index (χ3v) is 3.30. The molecule has 0 unspecified atom stereocenters. The molecule has 0 aliphatic carbocycles. The minimum Gasteiger partial charge on any atom is -0.369 e. The number of allylic oxidation sites excluding steroid dienone is 2. The maximum absolute atomic E-state index is 12.9. The van der Waals surface area contributed by atoms with Gasteiger partial charge in [-0.05, 0) is 36.6 Å². The molecule has 0 radical (unpaired) electrons. The van der Waals surface area contributed by atoms with E-state index in [1.807, 2.05) is 18.2 Å². The molecule has 0 saturated heterocycles. The number of halogens is 1. The van der Waals surface area contributed by atoms with Crippen LogP contribution in [0.3, 0.4) is 0 Å². The Bertz CT molecular complexity index is 782. The SMILES string of the molecule is C=c1nc(N)nc(NCCc2ccc(F)cc2)/c1=C/C=C\CC. The second kappa shape index (κ2) is 8.08. The molecule has 0 amide bonds. The van der Waals surface area contributed by atoms with Gasteiger partial charge in [-0.2, -0.15) is 4.98 Å². The highest BCUT2D eigenvalue weighted by Crippen LogP contribution is 2.04. The first-order chi connectivity index (χ1) is 11.1. The maximum atomic E-state index is 12.9. The van der Waals surface area contributed by atoms with Crippen molar-refractivity contribution in [1.29, 1.82) is 0 Å². The van der Waals surface area contributed by atoms with Crippen LogP contribution in [0.25, 0.3) is 12.7 Å². The minimum atomic E-state index is -0.230. The lowest BCUT2D eigenvalue weighted by Crippen LogP contribution is -2.32. The van der Waals surface area contributed by atoms with E-state index >= 15 is 0 Å². The van der Waals surface area contributed by atoms with Crippen LogP contribution in [0.15, 0.2) is 36.4 Å². The molecule has 0 bridgehead atoms. The molecule has 0 spiro atoms. The average molecular weight is 312 g/mol. The van der Waals surface area contributed by atoms with E-state index in [0.29, 0.717) is 17.7 Å². The van der Waals surface area contributed by atoms with Crippen LogP contribution in [0.1, 0.15) is 18.9 Å². The van der Waals surface area contributed by atoms with Crippen LogP contribution in [-0.4, -0.2) is 16.5 Å². The second-order valence-electron chi connectivity index (χ2n) is 5.10. The predicted octanol–water partition coefficient (Wildman–Crippen LogP) is 2.01. The van der Waals surface area contributed by atoms with E-state index in [2.05, 4.69) is 28.8 Å². The fourth-order valence-electron chi connectivity index (χ4n) is 2.12. The highest BCUT2D eigenvalue weighted by atomic mass is 19.1. The van der Waals surface area contributed by atoms with E-state index in [9.17, 15) is 4.39 Å². The number of aromatic nitrogens is 2. The number of nitrogens with zero attached hydrogens (tertiary/aromatic N) is 2. The van der Waals surface area contributed by atoms with Crippen molar-refractivity contribution >= 4 is 24.4 Å². The predicted molar refractivity (Wildman–Crippen MR) is 93.7 cm³/mol. The number of nitrogen functional groups attached to an aromatic ring is 1. The highest BCUT2D eigenvalue weighted by Gasteiger charge is 2.01. The molecule has 0 aliphatic rings. The zero-order valence-electron chi connectivity index (χ0n) is 13.2. The first-order valence-corrected chi connectivity index (χ1v) is 7.57. The Morgan fingerprint density at radius 2 is 2.00 bits per heavy atom. The smallest absolute Gasteiger partial charge is 0.222 e. The maximum Gasteiger partial charge on any atom is 0.222 e. The molecule has 2 aromatic rings. The van der Waals surface area contributed by atoms with Gasteiger partial charge in [0.25, 0.3) is 0 Å². The lowest BCUT2D eigenvalue weighted by Gasteiger charge is -2.07. The van der Waals surface area contributed by atoms with Gasteiger partial charge in [0.15, 0.2) is 0 Å². The summed E-state index contributed by atoms with van der Waals surface area (Å²) in [7, 11) is 0. The van der Waals surface area contributed by atoms with Gasteiger partial charge in [0.2, 0.25) is 5.95 Å². The summed E-state index contributed by atoms with van der Waals surface area (Å²) in [5, 5.41) is 4.66. The van der Waals surface area contributed by atoms with Crippen molar-refractivity contribution in [1.82, 2.24) is 9.97 Å². The Morgan fingerprint density at radius 3 is 2.70 bits per heavy atom. The zero-order chi connectivity index (χ0) is 16.7. The lowest BCUT2D eigenvalue weighted by atomic mass is 10.1. The fourth-order valence-corrected chi connectivity index (χ4v) is 2.12. The molecular weight excluding hydrogens is 291 g/mol. The van der Waals surface area contributed by atoms with Gasteiger partial charge in [-0.25, -0.2) is 9.37 Å². The van der Waals surface area contributed by atoms with Gasteiger partial charge in [-0.3, -0.25) is 0 Å². The minimum absolute atomic E-state index is 0.191. The third kappa shape index (κ3) is 4.92. The van der Waals surface area contributed by atoms with Crippen molar-refractivity contribution < 1.29 is 4.39 Å². The van der Waals surface area contributed by atoms with Crippen LogP contribution < -0.4 is 21.6 Å². The van der Waals surface area contributed by atoms with Crippen molar-refractivity contribution in [2.24, 2.45) is 0 Å². The van der Waals surface area contributed by atoms with E-state index in [1.54, 1.807) is 12.1 Å². The monoisotopic (exact) mass is 312 g/mol. The fraction of sp³-hybridized carbons (Fsp3) is 0.222. The molecule has 0 saturated carbocycles. The molecule has 1 heterocycles. The van der Waals surface area contributed by atoms with E-state index in [1.165, 1.54) is 12.1 Å². The lowest BCUT2D eigenvalue weighted by molar-refractivity contribution is 0.627. The summed E-state index contributed by atoms with van der Waals surface area (Å²) in [5.41, 5.74) is 6.76. The number of anilines is 2. The quantitative estimate of drug-likeness (QED) is 0.856.